The summed E-state index contributed by atoms with van der Waals surface area (Å²) in [6.45, 7) is 9.78. The van der Waals surface area contributed by atoms with Crippen LogP contribution in [0.3, 0.4) is 0 Å². The molecule has 0 aromatic carbocycles. The zero-order chi connectivity index (χ0) is 15.4. The van der Waals surface area contributed by atoms with E-state index in [1.807, 2.05) is 18.5 Å². The molecule has 0 fully saturated rings. The lowest BCUT2D eigenvalue weighted by Crippen LogP contribution is -2.07. The molecule has 2 heterocycles. The van der Waals surface area contributed by atoms with Gasteiger partial charge in [-0.25, -0.2) is 4.98 Å². The van der Waals surface area contributed by atoms with Crippen LogP contribution in [0.2, 0.25) is 0 Å². The fourth-order valence-corrected chi connectivity index (χ4v) is 2.73. The number of hydrogen-bond acceptors (Lipinski definition) is 6. The van der Waals surface area contributed by atoms with Gasteiger partial charge in [-0.2, -0.15) is 9.47 Å². The van der Waals surface area contributed by atoms with Gasteiger partial charge in [-0.05, 0) is 19.8 Å². The van der Waals surface area contributed by atoms with E-state index < -0.39 is 0 Å². The van der Waals surface area contributed by atoms with Gasteiger partial charge in [0.2, 0.25) is 5.13 Å². The Labute approximate surface area is 129 Å². The molecule has 2 rings (SSSR count). The van der Waals surface area contributed by atoms with Crippen LogP contribution in [0.15, 0.2) is 0 Å². The Balaban J connectivity index is 2.12. The van der Waals surface area contributed by atoms with Crippen molar-refractivity contribution in [1.82, 2.24) is 19.1 Å². The predicted molar refractivity (Wildman–Crippen MR) is 85.3 cm³/mol. The minimum atomic E-state index is 0.563. The molecule has 0 bridgehead atoms. The average molecular weight is 309 g/mol. The number of nitrogens with zero attached hydrogens (tertiary/aromatic N) is 4. The summed E-state index contributed by atoms with van der Waals surface area (Å²) in [6, 6.07) is 0. The smallest absolute Gasteiger partial charge is 0.207 e. The van der Waals surface area contributed by atoms with Crippen LogP contribution in [0.1, 0.15) is 31.1 Å². The Morgan fingerprint density at radius 3 is 2.76 bits per heavy atom. The maximum Gasteiger partial charge on any atom is 0.207 e. The number of rotatable bonds is 7. The third-order valence-corrected chi connectivity index (χ3v) is 3.85. The first kappa shape index (κ1) is 15.9. The van der Waals surface area contributed by atoms with Gasteiger partial charge < -0.3 is 10.1 Å². The van der Waals surface area contributed by atoms with Crippen LogP contribution in [0.5, 0.6) is 0 Å². The molecule has 0 saturated heterocycles. The molecule has 6 nitrogen and oxygen atoms in total. The van der Waals surface area contributed by atoms with E-state index in [1.54, 1.807) is 7.11 Å². The molecular formula is C14H23N5OS. The van der Waals surface area contributed by atoms with Crippen molar-refractivity contribution < 1.29 is 4.74 Å². The molecule has 0 amide bonds. The summed E-state index contributed by atoms with van der Waals surface area (Å²) in [4.78, 5) is 4.53. The van der Waals surface area contributed by atoms with Crippen molar-refractivity contribution in [2.24, 2.45) is 5.92 Å². The van der Waals surface area contributed by atoms with E-state index in [0.29, 0.717) is 12.5 Å². The largest absolute Gasteiger partial charge is 0.383 e. The topological polar surface area (TPSA) is 64.9 Å². The van der Waals surface area contributed by atoms with Gasteiger partial charge in [-0.3, -0.25) is 4.68 Å². The lowest BCUT2D eigenvalue weighted by atomic mass is 10.1. The van der Waals surface area contributed by atoms with E-state index in [9.17, 15) is 0 Å². The highest BCUT2D eigenvalue weighted by molar-refractivity contribution is 7.09. The third-order valence-electron chi connectivity index (χ3n) is 3.18. The van der Waals surface area contributed by atoms with Gasteiger partial charge in [-0.15, -0.1) is 0 Å². The summed E-state index contributed by atoms with van der Waals surface area (Å²) in [7, 11) is 1.70. The predicted octanol–water partition coefficient (Wildman–Crippen LogP) is 2.94. The molecule has 0 radical (unpaired) electrons. The Morgan fingerprint density at radius 1 is 1.33 bits per heavy atom. The monoisotopic (exact) mass is 309 g/mol. The van der Waals surface area contributed by atoms with Crippen molar-refractivity contribution in [3.05, 3.63) is 17.2 Å². The summed E-state index contributed by atoms with van der Waals surface area (Å²) in [5.41, 5.74) is 3.06. The van der Waals surface area contributed by atoms with Crippen LogP contribution in [-0.4, -0.2) is 32.9 Å². The third kappa shape index (κ3) is 4.01. The fraction of sp³-hybridized carbons (Fsp3) is 0.643. The zero-order valence-corrected chi connectivity index (χ0v) is 14.1. The molecule has 0 unspecified atom stereocenters. The highest BCUT2D eigenvalue weighted by Gasteiger charge is 2.14. The lowest BCUT2D eigenvalue weighted by Gasteiger charge is -2.05. The van der Waals surface area contributed by atoms with Crippen LogP contribution in [0.25, 0.3) is 0 Å². The second kappa shape index (κ2) is 7.00. The van der Waals surface area contributed by atoms with Gasteiger partial charge >= 0.3 is 0 Å². The van der Waals surface area contributed by atoms with Crippen molar-refractivity contribution in [2.75, 3.05) is 19.0 Å². The first-order valence-electron chi connectivity index (χ1n) is 7.13. The molecule has 0 aliphatic rings. The van der Waals surface area contributed by atoms with Gasteiger partial charge in [0.05, 0.1) is 30.2 Å². The van der Waals surface area contributed by atoms with Crippen LogP contribution in [0.4, 0.5) is 10.8 Å². The maximum absolute atomic E-state index is 5.11. The molecule has 2 aromatic heterocycles. The van der Waals surface area contributed by atoms with E-state index in [4.69, 9.17) is 4.74 Å². The van der Waals surface area contributed by atoms with E-state index in [2.05, 4.69) is 33.6 Å². The van der Waals surface area contributed by atoms with E-state index >= 15 is 0 Å². The normalized spacial score (nSPS) is 11.3. The minimum absolute atomic E-state index is 0.563. The van der Waals surface area contributed by atoms with Gasteiger partial charge in [0, 0.05) is 25.1 Å². The number of nitrogens with one attached hydrogen (secondary N) is 1. The van der Waals surface area contributed by atoms with Gasteiger partial charge in [0.1, 0.15) is 5.82 Å². The summed E-state index contributed by atoms with van der Waals surface area (Å²) >= 11 is 1.40. The lowest BCUT2D eigenvalue weighted by molar-refractivity contribution is 0.182. The number of anilines is 2. The van der Waals surface area contributed by atoms with E-state index in [1.165, 1.54) is 11.5 Å². The molecule has 0 spiro atoms. The van der Waals surface area contributed by atoms with Crippen molar-refractivity contribution >= 4 is 22.4 Å². The molecule has 116 valence electrons. The van der Waals surface area contributed by atoms with Crippen LogP contribution in [0, 0.1) is 19.8 Å². The number of methoxy groups -OCH3 is 1. The maximum atomic E-state index is 5.11. The first-order chi connectivity index (χ1) is 10.0. The summed E-state index contributed by atoms with van der Waals surface area (Å²) in [6.07, 6.45) is 0.906. The Hall–Kier alpha value is -1.47. The molecule has 2 aromatic rings. The second-order valence-electron chi connectivity index (χ2n) is 5.50. The summed E-state index contributed by atoms with van der Waals surface area (Å²) in [5, 5.41) is 8.70. The molecule has 0 aliphatic heterocycles. The highest BCUT2D eigenvalue weighted by Crippen LogP contribution is 2.25. The van der Waals surface area contributed by atoms with Gasteiger partial charge in [0.15, 0.2) is 0 Å². The van der Waals surface area contributed by atoms with Crippen LogP contribution < -0.4 is 5.32 Å². The Morgan fingerprint density at radius 2 is 2.10 bits per heavy atom. The molecule has 0 aliphatic carbocycles. The fourth-order valence-electron chi connectivity index (χ4n) is 2.13. The number of aromatic nitrogens is 4. The van der Waals surface area contributed by atoms with Crippen LogP contribution >= 0.6 is 11.5 Å². The second-order valence-corrected chi connectivity index (χ2v) is 6.25. The number of ether oxygens (including phenoxy) is 1. The van der Waals surface area contributed by atoms with Crippen molar-refractivity contribution in [1.29, 1.82) is 0 Å². The highest BCUT2D eigenvalue weighted by atomic mass is 32.1. The number of hydrogen-bond donors (Lipinski definition) is 1. The van der Waals surface area contributed by atoms with Crippen LogP contribution in [-0.2, 0) is 17.7 Å². The zero-order valence-electron chi connectivity index (χ0n) is 13.3. The molecule has 0 saturated carbocycles. The quantitative estimate of drug-likeness (QED) is 0.852. The molecular weight excluding hydrogens is 286 g/mol. The first-order valence-corrected chi connectivity index (χ1v) is 7.91. The van der Waals surface area contributed by atoms with E-state index in [-0.39, 0.29) is 0 Å². The van der Waals surface area contributed by atoms with Crippen molar-refractivity contribution in [3.63, 3.8) is 0 Å². The summed E-state index contributed by atoms with van der Waals surface area (Å²) in [5.74, 6) is 1.47. The Kier molecular flexibility index (Phi) is 5.30. The number of aryl methyl sites for hydroxylation is 1. The standard InChI is InChI=1S/C14H23N5OS/c1-9(2)8-12-15-14(21-18-12)16-13-10(3)17-19(11(13)4)6-7-20-5/h9H,6-8H2,1-5H3,(H,15,16,18). The van der Waals surface area contributed by atoms with Crippen molar-refractivity contribution in [3.8, 4) is 0 Å². The molecule has 21 heavy (non-hydrogen) atoms. The molecule has 0 atom stereocenters. The molecule has 1 N–H and O–H groups in total. The SMILES string of the molecule is COCCn1nc(C)c(Nc2nc(CC(C)C)ns2)c1C. The van der Waals surface area contributed by atoms with Gasteiger partial charge in [-0.1, -0.05) is 13.8 Å². The average Bonchev–Trinajstić information content (AvgIpc) is 2.95. The molecule has 7 heteroatoms. The van der Waals surface area contributed by atoms with Gasteiger partial charge in [0.25, 0.3) is 0 Å². The minimum Gasteiger partial charge on any atom is -0.383 e. The Bertz CT molecular complexity index is 590. The summed E-state index contributed by atoms with van der Waals surface area (Å²) < 4.78 is 11.5. The van der Waals surface area contributed by atoms with E-state index in [0.717, 1.165) is 41.0 Å². The van der Waals surface area contributed by atoms with Crippen molar-refractivity contribution in [2.45, 2.75) is 40.7 Å².